The summed E-state index contributed by atoms with van der Waals surface area (Å²) in [5, 5.41) is 5.79. The van der Waals surface area contributed by atoms with E-state index in [-0.39, 0.29) is 0 Å². The van der Waals surface area contributed by atoms with E-state index < -0.39 is 0 Å². The Labute approximate surface area is 113 Å². The van der Waals surface area contributed by atoms with E-state index in [1.165, 1.54) is 30.7 Å². The second kappa shape index (κ2) is 5.85. The summed E-state index contributed by atoms with van der Waals surface area (Å²) in [7, 11) is 0. The lowest BCUT2D eigenvalue weighted by atomic mass is 10.1. The summed E-state index contributed by atoms with van der Waals surface area (Å²) in [6.45, 7) is 9.67. The Bertz CT molecular complexity index is 512. The van der Waals surface area contributed by atoms with Gasteiger partial charge in [0.15, 0.2) is 4.96 Å². The molecular weight excluding hydrogens is 242 g/mol. The van der Waals surface area contributed by atoms with Crippen molar-refractivity contribution in [2.75, 3.05) is 0 Å². The molecule has 0 aliphatic carbocycles. The van der Waals surface area contributed by atoms with Gasteiger partial charge in [-0.1, -0.05) is 19.8 Å². The van der Waals surface area contributed by atoms with E-state index in [9.17, 15) is 0 Å². The van der Waals surface area contributed by atoms with Gasteiger partial charge in [-0.15, -0.1) is 11.3 Å². The lowest BCUT2D eigenvalue weighted by Gasteiger charge is -2.13. The lowest BCUT2D eigenvalue weighted by Crippen LogP contribution is -2.26. The second-order valence-corrected chi connectivity index (χ2v) is 5.90. The first-order chi connectivity index (χ1) is 8.63. The standard InChI is InChI=1S/C14H23N3S/c1-5-6-7-10(2)15-8-13-12(4)16-14-17(13)11(3)9-18-14/h9-10,15H,5-8H2,1-4H3. The Kier molecular flexibility index (Phi) is 4.40. The molecule has 2 rings (SSSR count). The molecule has 4 heteroatoms. The van der Waals surface area contributed by atoms with Crippen LogP contribution in [0.4, 0.5) is 0 Å². The maximum Gasteiger partial charge on any atom is 0.194 e. The van der Waals surface area contributed by atoms with Crippen LogP contribution in [0.5, 0.6) is 0 Å². The first kappa shape index (κ1) is 13.6. The normalized spacial score (nSPS) is 13.3. The van der Waals surface area contributed by atoms with Crippen LogP contribution in [-0.4, -0.2) is 15.4 Å². The molecule has 0 saturated carbocycles. The van der Waals surface area contributed by atoms with Gasteiger partial charge in [0.1, 0.15) is 0 Å². The van der Waals surface area contributed by atoms with Gasteiger partial charge in [0.25, 0.3) is 0 Å². The largest absolute Gasteiger partial charge is 0.309 e. The van der Waals surface area contributed by atoms with Gasteiger partial charge in [0.2, 0.25) is 0 Å². The molecule has 0 fully saturated rings. The van der Waals surface area contributed by atoms with E-state index in [4.69, 9.17) is 0 Å². The third kappa shape index (κ3) is 2.75. The fourth-order valence-corrected chi connectivity index (χ4v) is 3.19. The second-order valence-electron chi connectivity index (χ2n) is 5.06. The molecule has 0 aliphatic heterocycles. The Hall–Kier alpha value is -0.870. The number of thiazole rings is 1. The van der Waals surface area contributed by atoms with Gasteiger partial charge in [0.05, 0.1) is 11.4 Å². The number of hydrogen-bond donors (Lipinski definition) is 1. The smallest absolute Gasteiger partial charge is 0.194 e. The first-order valence-electron chi connectivity index (χ1n) is 6.79. The van der Waals surface area contributed by atoms with Gasteiger partial charge in [0, 0.05) is 23.7 Å². The minimum absolute atomic E-state index is 0.578. The van der Waals surface area contributed by atoms with Crippen molar-refractivity contribution in [3.8, 4) is 0 Å². The van der Waals surface area contributed by atoms with Crippen LogP contribution in [0, 0.1) is 13.8 Å². The van der Waals surface area contributed by atoms with Gasteiger partial charge in [-0.25, -0.2) is 4.98 Å². The summed E-state index contributed by atoms with van der Waals surface area (Å²) in [4.78, 5) is 5.73. The Morgan fingerprint density at radius 1 is 1.44 bits per heavy atom. The van der Waals surface area contributed by atoms with Crippen molar-refractivity contribution < 1.29 is 0 Å². The van der Waals surface area contributed by atoms with E-state index in [0.717, 1.165) is 17.2 Å². The summed E-state index contributed by atoms with van der Waals surface area (Å²) in [6.07, 6.45) is 3.82. The van der Waals surface area contributed by atoms with E-state index in [2.05, 4.69) is 47.8 Å². The molecule has 100 valence electrons. The molecule has 0 bridgehead atoms. The molecule has 2 aromatic rings. The zero-order valence-electron chi connectivity index (χ0n) is 11.8. The maximum atomic E-state index is 4.62. The lowest BCUT2D eigenvalue weighted by molar-refractivity contribution is 0.489. The van der Waals surface area contributed by atoms with E-state index >= 15 is 0 Å². The number of rotatable bonds is 6. The SMILES string of the molecule is CCCCC(C)NCc1c(C)nc2scc(C)n12. The van der Waals surface area contributed by atoms with Crippen molar-refractivity contribution in [1.29, 1.82) is 0 Å². The van der Waals surface area contributed by atoms with Crippen LogP contribution in [0.3, 0.4) is 0 Å². The number of nitrogens with one attached hydrogen (secondary N) is 1. The molecule has 0 aliphatic rings. The average molecular weight is 265 g/mol. The van der Waals surface area contributed by atoms with Crippen molar-refractivity contribution in [2.24, 2.45) is 0 Å². The summed E-state index contributed by atoms with van der Waals surface area (Å²) in [6, 6.07) is 0.578. The molecule has 3 nitrogen and oxygen atoms in total. The highest BCUT2D eigenvalue weighted by Gasteiger charge is 2.12. The fraction of sp³-hybridized carbons (Fsp3) is 0.643. The van der Waals surface area contributed by atoms with Gasteiger partial charge in [-0.3, -0.25) is 4.40 Å². The number of imidazole rings is 1. The molecule has 2 heterocycles. The van der Waals surface area contributed by atoms with Crippen molar-refractivity contribution in [3.63, 3.8) is 0 Å². The average Bonchev–Trinajstić information content (AvgIpc) is 2.84. The Morgan fingerprint density at radius 2 is 2.22 bits per heavy atom. The van der Waals surface area contributed by atoms with Crippen LogP contribution >= 0.6 is 11.3 Å². The third-order valence-corrected chi connectivity index (χ3v) is 4.38. The Morgan fingerprint density at radius 3 is 2.94 bits per heavy atom. The monoisotopic (exact) mass is 265 g/mol. The van der Waals surface area contributed by atoms with Crippen LogP contribution in [0.15, 0.2) is 5.38 Å². The van der Waals surface area contributed by atoms with Crippen LogP contribution in [0.1, 0.15) is 50.2 Å². The van der Waals surface area contributed by atoms with E-state index in [1.54, 1.807) is 11.3 Å². The molecule has 1 N–H and O–H groups in total. The number of fused-ring (bicyclic) bond motifs is 1. The van der Waals surface area contributed by atoms with Gasteiger partial charge in [-0.05, 0) is 27.2 Å². The quantitative estimate of drug-likeness (QED) is 0.863. The number of aromatic nitrogens is 2. The molecular formula is C14H23N3S. The predicted octanol–water partition coefficient (Wildman–Crippen LogP) is 3.68. The summed E-state index contributed by atoms with van der Waals surface area (Å²) in [5.41, 5.74) is 3.75. The van der Waals surface area contributed by atoms with Crippen LogP contribution in [0.25, 0.3) is 4.96 Å². The number of aryl methyl sites for hydroxylation is 2. The van der Waals surface area contributed by atoms with Crippen molar-refractivity contribution in [1.82, 2.24) is 14.7 Å². The van der Waals surface area contributed by atoms with Gasteiger partial charge >= 0.3 is 0 Å². The Balaban J connectivity index is 2.06. The summed E-state index contributed by atoms with van der Waals surface area (Å²) < 4.78 is 2.28. The highest BCUT2D eigenvalue weighted by molar-refractivity contribution is 7.15. The first-order valence-corrected chi connectivity index (χ1v) is 7.66. The molecule has 0 amide bonds. The third-order valence-electron chi connectivity index (χ3n) is 3.44. The highest BCUT2D eigenvalue weighted by Crippen LogP contribution is 2.20. The summed E-state index contributed by atoms with van der Waals surface area (Å²) in [5.74, 6) is 0. The van der Waals surface area contributed by atoms with Crippen LogP contribution in [0.2, 0.25) is 0 Å². The van der Waals surface area contributed by atoms with Crippen molar-refractivity contribution >= 4 is 16.3 Å². The van der Waals surface area contributed by atoms with Crippen LogP contribution in [-0.2, 0) is 6.54 Å². The van der Waals surface area contributed by atoms with Gasteiger partial charge < -0.3 is 5.32 Å². The molecule has 0 spiro atoms. The highest BCUT2D eigenvalue weighted by atomic mass is 32.1. The minimum atomic E-state index is 0.578. The van der Waals surface area contributed by atoms with E-state index in [0.29, 0.717) is 6.04 Å². The zero-order chi connectivity index (χ0) is 13.1. The number of nitrogens with zero attached hydrogens (tertiary/aromatic N) is 2. The molecule has 0 radical (unpaired) electrons. The van der Waals surface area contributed by atoms with Gasteiger partial charge in [-0.2, -0.15) is 0 Å². The minimum Gasteiger partial charge on any atom is -0.309 e. The number of unbranched alkanes of at least 4 members (excludes halogenated alkanes) is 1. The fourth-order valence-electron chi connectivity index (χ4n) is 2.26. The summed E-state index contributed by atoms with van der Waals surface area (Å²) >= 11 is 1.72. The van der Waals surface area contributed by atoms with Crippen molar-refractivity contribution in [3.05, 3.63) is 22.5 Å². The molecule has 1 unspecified atom stereocenters. The molecule has 0 aromatic carbocycles. The number of hydrogen-bond acceptors (Lipinski definition) is 3. The van der Waals surface area contributed by atoms with Crippen molar-refractivity contribution in [2.45, 2.75) is 59.5 Å². The van der Waals surface area contributed by atoms with E-state index in [1.807, 2.05) is 0 Å². The molecule has 1 atom stereocenters. The molecule has 0 saturated heterocycles. The zero-order valence-corrected chi connectivity index (χ0v) is 12.6. The predicted molar refractivity (Wildman–Crippen MR) is 78.4 cm³/mol. The maximum absolute atomic E-state index is 4.62. The molecule has 18 heavy (non-hydrogen) atoms. The topological polar surface area (TPSA) is 29.3 Å². The van der Waals surface area contributed by atoms with Crippen LogP contribution < -0.4 is 5.32 Å². The molecule has 2 aromatic heterocycles.